The number of carbonyl (C=O) groups excluding carboxylic acids is 1. The van der Waals surface area contributed by atoms with Crippen molar-refractivity contribution in [2.24, 2.45) is 10.8 Å². The van der Waals surface area contributed by atoms with Gasteiger partial charge >= 0.3 is 0 Å². The fraction of sp³-hybridized carbons (Fsp3) is 0.571. The van der Waals surface area contributed by atoms with Crippen LogP contribution in [0.4, 0.5) is 5.95 Å². The first-order valence-electron chi connectivity index (χ1n) is 10.1. The van der Waals surface area contributed by atoms with Crippen LogP contribution in [0.15, 0.2) is 41.3 Å². The Hall–Kier alpha value is -2.41. The zero-order valence-electron chi connectivity index (χ0n) is 16.4. The molecule has 2 aromatic rings. The van der Waals surface area contributed by atoms with Crippen LogP contribution in [0.5, 0.6) is 0 Å². The third-order valence-electron chi connectivity index (χ3n) is 7.21. The molecule has 7 nitrogen and oxygen atoms in total. The molecular formula is C21H27N5O2. The summed E-state index contributed by atoms with van der Waals surface area (Å²) in [4.78, 5) is 28.9. The normalized spacial score (nSPS) is 27.4. The van der Waals surface area contributed by atoms with E-state index in [4.69, 9.17) is 4.42 Å². The van der Waals surface area contributed by atoms with Crippen molar-refractivity contribution in [1.29, 1.82) is 0 Å². The summed E-state index contributed by atoms with van der Waals surface area (Å²) in [5.74, 6) is 2.07. The van der Waals surface area contributed by atoms with Gasteiger partial charge in [-0.3, -0.25) is 9.69 Å². The number of rotatable bonds is 3. The second kappa shape index (κ2) is 6.58. The molecule has 148 valence electrons. The Labute approximate surface area is 165 Å². The number of aromatic nitrogens is 2. The van der Waals surface area contributed by atoms with Gasteiger partial charge in [0, 0.05) is 44.5 Å². The highest BCUT2D eigenvalue weighted by Gasteiger charge is 2.65. The Morgan fingerprint density at radius 3 is 2.50 bits per heavy atom. The van der Waals surface area contributed by atoms with Gasteiger partial charge in [-0.1, -0.05) is 0 Å². The van der Waals surface area contributed by atoms with E-state index in [0.717, 1.165) is 70.2 Å². The fourth-order valence-electron chi connectivity index (χ4n) is 5.63. The minimum atomic E-state index is -0.308. The molecule has 5 heterocycles. The maximum atomic E-state index is 13.3. The van der Waals surface area contributed by atoms with E-state index in [1.165, 1.54) is 0 Å². The molecule has 0 aromatic carbocycles. The monoisotopic (exact) mass is 381 g/mol. The molecule has 28 heavy (non-hydrogen) atoms. The number of furan rings is 1. The lowest BCUT2D eigenvalue weighted by atomic mass is 9.60. The van der Waals surface area contributed by atoms with Crippen LogP contribution in [0.3, 0.4) is 0 Å². The zero-order valence-corrected chi connectivity index (χ0v) is 16.4. The van der Waals surface area contributed by atoms with Crippen molar-refractivity contribution in [3.05, 3.63) is 42.6 Å². The van der Waals surface area contributed by atoms with Crippen LogP contribution in [0.1, 0.15) is 25.0 Å². The van der Waals surface area contributed by atoms with Gasteiger partial charge in [-0.2, -0.15) is 0 Å². The predicted molar refractivity (Wildman–Crippen MR) is 105 cm³/mol. The van der Waals surface area contributed by atoms with Crippen LogP contribution in [0.2, 0.25) is 0 Å². The topological polar surface area (TPSA) is 65.7 Å². The number of nitrogens with zero attached hydrogens (tertiary/aromatic N) is 5. The molecule has 0 unspecified atom stereocenters. The second-order valence-electron chi connectivity index (χ2n) is 8.60. The first-order valence-corrected chi connectivity index (χ1v) is 10.1. The van der Waals surface area contributed by atoms with E-state index >= 15 is 0 Å². The SMILES string of the molecule is CN1CC[C@@]2(CN(c3ncccn3)CC23CCN(Cc2ccco2)CC3)C1=O. The molecule has 1 amide bonds. The Morgan fingerprint density at radius 1 is 1.07 bits per heavy atom. The molecule has 2 aromatic heterocycles. The molecule has 0 radical (unpaired) electrons. The number of fused-ring (bicyclic) bond motifs is 1. The van der Waals surface area contributed by atoms with Crippen molar-refractivity contribution in [3.63, 3.8) is 0 Å². The van der Waals surface area contributed by atoms with Gasteiger partial charge in [0.2, 0.25) is 11.9 Å². The van der Waals surface area contributed by atoms with Gasteiger partial charge in [-0.15, -0.1) is 0 Å². The molecule has 3 fully saturated rings. The van der Waals surface area contributed by atoms with Crippen molar-refractivity contribution in [1.82, 2.24) is 19.8 Å². The molecule has 1 atom stereocenters. The van der Waals surface area contributed by atoms with Crippen LogP contribution >= 0.6 is 0 Å². The van der Waals surface area contributed by atoms with Gasteiger partial charge in [0.05, 0.1) is 18.2 Å². The van der Waals surface area contributed by atoms with Gasteiger partial charge in [-0.25, -0.2) is 9.97 Å². The number of piperidine rings is 1. The van der Waals surface area contributed by atoms with E-state index < -0.39 is 0 Å². The molecule has 0 aliphatic carbocycles. The standard InChI is InChI=1S/C21H27N5O2/c1-24-10-7-21(18(24)27)16-26(19-22-8-3-9-23-19)15-20(21)5-11-25(12-6-20)14-17-4-2-13-28-17/h2-4,8-9,13H,5-7,10-12,14-16H2,1H3/t21-/m1/s1. The molecular weight excluding hydrogens is 354 g/mol. The summed E-state index contributed by atoms with van der Waals surface area (Å²) >= 11 is 0. The van der Waals surface area contributed by atoms with Crippen molar-refractivity contribution in [2.45, 2.75) is 25.8 Å². The van der Waals surface area contributed by atoms with Crippen LogP contribution in [-0.4, -0.2) is 65.4 Å². The molecule has 3 aliphatic heterocycles. The number of amides is 1. The average molecular weight is 381 g/mol. The highest BCUT2D eigenvalue weighted by molar-refractivity contribution is 5.87. The van der Waals surface area contributed by atoms with Crippen molar-refractivity contribution in [3.8, 4) is 0 Å². The molecule has 7 heteroatoms. The maximum absolute atomic E-state index is 13.3. The highest BCUT2D eigenvalue weighted by atomic mass is 16.3. The van der Waals surface area contributed by atoms with Crippen LogP contribution in [-0.2, 0) is 11.3 Å². The predicted octanol–water partition coefficient (Wildman–Crippen LogP) is 2.02. The molecule has 0 saturated carbocycles. The molecule has 0 N–H and O–H groups in total. The van der Waals surface area contributed by atoms with Gasteiger partial charge in [0.15, 0.2) is 0 Å². The third-order valence-corrected chi connectivity index (χ3v) is 7.21. The Bertz CT molecular complexity index is 832. The second-order valence-corrected chi connectivity index (χ2v) is 8.60. The highest BCUT2D eigenvalue weighted by Crippen LogP contribution is 2.58. The minimum Gasteiger partial charge on any atom is -0.468 e. The number of hydrogen-bond acceptors (Lipinski definition) is 6. The molecule has 5 rings (SSSR count). The van der Waals surface area contributed by atoms with Crippen molar-refractivity contribution >= 4 is 11.9 Å². The van der Waals surface area contributed by atoms with Crippen LogP contribution in [0, 0.1) is 10.8 Å². The average Bonchev–Trinajstić information content (AvgIpc) is 3.42. The lowest BCUT2D eigenvalue weighted by molar-refractivity contribution is -0.141. The van der Waals surface area contributed by atoms with E-state index in [9.17, 15) is 4.79 Å². The molecule has 0 bridgehead atoms. The van der Waals surface area contributed by atoms with Crippen molar-refractivity contribution in [2.75, 3.05) is 44.7 Å². The van der Waals surface area contributed by atoms with Gasteiger partial charge < -0.3 is 14.2 Å². The van der Waals surface area contributed by atoms with Crippen LogP contribution < -0.4 is 4.90 Å². The van der Waals surface area contributed by atoms with Crippen LogP contribution in [0.25, 0.3) is 0 Å². The minimum absolute atomic E-state index is 0.00624. The first kappa shape index (κ1) is 17.7. The summed E-state index contributed by atoms with van der Waals surface area (Å²) < 4.78 is 5.53. The number of hydrogen-bond donors (Lipinski definition) is 0. The smallest absolute Gasteiger partial charge is 0.231 e. The zero-order chi connectivity index (χ0) is 19.2. The summed E-state index contributed by atoms with van der Waals surface area (Å²) in [6, 6.07) is 5.82. The molecule has 3 saturated heterocycles. The third kappa shape index (κ3) is 2.64. The van der Waals surface area contributed by atoms with Gasteiger partial charge in [-0.05, 0) is 50.6 Å². The summed E-state index contributed by atoms with van der Waals surface area (Å²) in [5, 5.41) is 0. The fourth-order valence-corrected chi connectivity index (χ4v) is 5.63. The largest absolute Gasteiger partial charge is 0.468 e. The summed E-state index contributed by atoms with van der Waals surface area (Å²) in [6.45, 7) is 5.27. The van der Waals surface area contributed by atoms with E-state index in [1.54, 1.807) is 18.7 Å². The number of likely N-dealkylation sites (tertiary alicyclic amines) is 2. The quantitative estimate of drug-likeness (QED) is 0.810. The lowest BCUT2D eigenvalue weighted by Gasteiger charge is -2.46. The summed E-state index contributed by atoms with van der Waals surface area (Å²) in [6.07, 6.45) is 8.29. The Morgan fingerprint density at radius 2 is 1.86 bits per heavy atom. The van der Waals surface area contributed by atoms with E-state index in [-0.39, 0.29) is 10.8 Å². The maximum Gasteiger partial charge on any atom is 0.231 e. The molecule has 2 spiro atoms. The first-order chi connectivity index (χ1) is 13.6. The van der Waals surface area contributed by atoms with E-state index in [2.05, 4.69) is 19.8 Å². The van der Waals surface area contributed by atoms with Crippen molar-refractivity contribution < 1.29 is 9.21 Å². The molecule has 3 aliphatic rings. The Kier molecular flexibility index (Phi) is 4.16. The van der Waals surface area contributed by atoms with E-state index in [0.29, 0.717) is 5.91 Å². The summed E-state index contributed by atoms with van der Waals surface area (Å²) in [7, 11) is 1.94. The van der Waals surface area contributed by atoms with Gasteiger partial charge in [0.25, 0.3) is 0 Å². The number of carbonyl (C=O) groups is 1. The number of anilines is 1. The van der Waals surface area contributed by atoms with Gasteiger partial charge in [0.1, 0.15) is 5.76 Å². The van der Waals surface area contributed by atoms with E-state index in [1.807, 2.05) is 30.1 Å². The Balaban J connectivity index is 1.40. The summed E-state index contributed by atoms with van der Waals surface area (Å²) in [5.41, 5.74) is -0.314. The lowest BCUT2D eigenvalue weighted by Crippen LogP contribution is -2.52.